The van der Waals surface area contributed by atoms with E-state index < -0.39 is 0 Å². The Morgan fingerprint density at radius 1 is 1.22 bits per heavy atom. The zero-order valence-electron chi connectivity index (χ0n) is 11.5. The quantitative estimate of drug-likeness (QED) is 0.902. The van der Waals surface area contributed by atoms with Gasteiger partial charge in [-0.1, -0.05) is 13.8 Å². The van der Waals surface area contributed by atoms with Gasteiger partial charge in [-0.2, -0.15) is 5.10 Å². The zero-order chi connectivity index (χ0) is 13.3. The van der Waals surface area contributed by atoms with Crippen LogP contribution in [-0.2, 0) is 19.9 Å². The van der Waals surface area contributed by atoms with E-state index in [1.807, 2.05) is 30.8 Å². The first kappa shape index (κ1) is 12.6. The van der Waals surface area contributed by atoms with Crippen molar-refractivity contribution in [2.75, 3.05) is 5.73 Å². The van der Waals surface area contributed by atoms with Crippen LogP contribution in [0.5, 0.6) is 0 Å². The van der Waals surface area contributed by atoms with Crippen LogP contribution in [0.15, 0.2) is 12.1 Å². The predicted octanol–water partition coefficient (Wildman–Crippen LogP) is 2.50. The average molecular weight is 244 g/mol. The Labute approximate surface area is 108 Å². The summed E-state index contributed by atoms with van der Waals surface area (Å²) in [5.74, 6) is 0.566. The van der Waals surface area contributed by atoms with Crippen LogP contribution in [0.3, 0.4) is 0 Å². The minimum atomic E-state index is 0.566. The SMILES string of the molecule is CCc1nn(C)c(CC)c1-c1ccc(N)nc1C. The van der Waals surface area contributed by atoms with E-state index in [4.69, 9.17) is 5.73 Å². The van der Waals surface area contributed by atoms with E-state index >= 15 is 0 Å². The molecule has 0 radical (unpaired) electrons. The van der Waals surface area contributed by atoms with Crippen LogP contribution in [0.1, 0.15) is 30.9 Å². The molecule has 2 rings (SSSR count). The van der Waals surface area contributed by atoms with E-state index in [0.717, 1.165) is 29.8 Å². The molecule has 2 heterocycles. The number of pyridine rings is 1. The Balaban J connectivity index is 2.69. The number of aromatic nitrogens is 3. The molecule has 0 bridgehead atoms. The third-order valence-electron chi connectivity index (χ3n) is 3.28. The van der Waals surface area contributed by atoms with Crippen LogP contribution in [-0.4, -0.2) is 14.8 Å². The fourth-order valence-electron chi connectivity index (χ4n) is 2.43. The lowest BCUT2D eigenvalue weighted by Crippen LogP contribution is -1.99. The van der Waals surface area contributed by atoms with Gasteiger partial charge in [-0.15, -0.1) is 0 Å². The summed E-state index contributed by atoms with van der Waals surface area (Å²) in [5, 5.41) is 4.60. The first-order valence-corrected chi connectivity index (χ1v) is 6.36. The van der Waals surface area contributed by atoms with E-state index in [1.165, 1.54) is 11.3 Å². The number of hydrogen-bond donors (Lipinski definition) is 1. The second kappa shape index (κ2) is 4.80. The lowest BCUT2D eigenvalue weighted by molar-refractivity contribution is 0.705. The van der Waals surface area contributed by atoms with E-state index in [0.29, 0.717) is 5.82 Å². The Morgan fingerprint density at radius 2 is 1.94 bits per heavy atom. The normalized spacial score (nSPS) is 10.9. The van der Waals surface area contributed by atoms with Crippen molar-refractivity contribution in [3.05, 3.63) is 29.2 Å². The molecule has 0 spiro atoms. The summed E-state index contributed by atoms with van der Waals surface area (Å²) in [6, 6.07) is 3.90. The van der Waals surface area contributed by atoms with Crippen molar-refractivity contribution >= 4 is 5.82 Å². The van der Waals surface area contributed by atoms with Crippen molar-refractivity contribution in [3.63, 3.8) is 0 Å². The van der Waals surface area contributed by atoms with Crippen LogP contribution < -0.4 is 5.73 Å². The predicted molar refractivity (Wildman–Crippen MR) is 74.3 cm³/mol. The molecule has 0 saturated heterocycles. The van der Waals surface area contributed by atoms with Gasteiger partial charge in [0.05, 0.1) is 5.69 Å². The second-order valence-corrected chi connectivity index (χ2v) is 4.47. The highest BCUT2D eigenvalue weighted by Gasteiger charge is 2.17. The number of rotatable bonds is 3. The third-order valence-corrected chi connectivity index (χ3v) is 3.28. The Bertz CT molecular complexity index is 569. The van der Waals surface area contributed by atoms with E-state index in [-0.39, 0.29) is 0 Å². The van der Waals surface area contributed by atoms with Gasteiger partial charge in [-0.3, -0.25) is 4.68 Å². The van der Waals surface area contributed by atoms with Crippen LogP contribution in [0.2, 0.25) is 0 Å². The van der Waals surface area contributed by atoms with Gasteiger partial charge in [0.25, 0.3) is 0 Å². The number of nitrogens with zero attached hydrogens (tertiary/aromatic N) is 3. The zero-order valence-corrected chi connectivity index (χ0v) is 11.5. The van der Waals surface area contributed by atoms with Crippen molar-refractivity contribution in [2.24, 2.45) is 7.05 Å². The highest BCUT2D eigenvalue weighted by molar-refractivity contribution is 5.71. The Kier molecular flexibility index (Phi) is 3.36. The summed E-state index contributed by atoms with van der Waals surface area (Å²) in [6.45, 7) is 6.28. The van der Waals surface area contributed by atoms with Crippen LogP contribution in [0, 0.1) is 6.92 Å². The van der Waals surface area contributed by atoms with Crippen molar-refractivity contribution < 1.29 is 0 Å². The molecule has 0 amide bonds. The van der Waals surface area contributed by atoms with Gasteiger partial charge in [-0.25, -0.2) is 4.98 Å². The van der Waals surface area contributed by atoms with Crippen molar-refractivity contribution in [3.8, 4) is 11.1 Å². The number of nitrogens with two attached hydrogens (primary N) is 1. The summed E-state index contributed by atoms with van der Waals surface area (Å²) < 4.78 is 1.98. The molecule has 0 aliphatic rings. The number of nitrogen functional groups attached to an aromatic ring is 1. The molecule has 2 aromatic rings. The molecule has 2 N–H and O–H groups in total. The van der Waals surface area contributed by atoms with E-state index in [9.17, 15) is 0 Å². The topological polar surface area (TPSA) is 56.7 Å². The minimum absolute atomic E-state index is 0.566. The first-order chi connectivity index (χ1) is 8.58. The molecule has 0 saturated carbocycles. The van der Waals surface area contributed by atoms with Crippen molar-refractivity contribution in [1.82, 2.24) is 14.8 Å². The maximum atomic E-state index is 5.72. The van der Waals surface area contributed by atoms with Crippen LogP contribution in [0.25, 0.3) is 11.1 Å². The number of aryl methyl sites for hydroxylation is 3. The minimum Gasteiger partial charge on any atom is -0.384 e. The lowest BCUT2D eigenvalue weighted by Gasteiger charge is -2.08. The molecule has 2 aromatic heterocycles. The van der Waals surface area contributed by atoms with Gasteiger partial charge in [0.15, 0.2) is 0 Å². The van der Waals surface area contributed by atoms with E-state index in [2.05, 4.69) is 23.9 Å². The van der Waals surface area contributed by atoms with Gasteiger partial charge in [-0.05, 0) is 31.9 Å². The van der Waals surface area contributed by atoms with Gasteiger partial charge in [0.1, 0.15) is 5.82 Å². The lowest BCUT2D eigenvalue weighted by atomic mass is 9.99. The van der Waals surface area contributed by atoms with Crippen LogP contribution in [0.4, 0.5) is 5.82 Å². The summed E-state index contributed by atoms with van der Waals surface area (Å²) in [7, 11) is 2.00. The van der Waals surface area contributed by atoms with Gasteiger partial charge < -0.3 is 5.73 Å². The van der Waals surface area contributed by atoms with Gasteiger partial charge in [0, 0.05) is 29.6 Å². The van der Waals surface area contributed by atoms with Gasteiger partial charge >= 0.3 is 0 Å². The highest BCUT2D eigenvalue weighted by atomic mass is 15.3. The Morgan fingerprint density at radius 3 is 2.50 bits per heavy atom. The number of anilines is 1. The molecule has 0 aromatic carbocycles. The monoisotopic (exact) mass is 244 g/mol. The molecule has 4 heteroatoms. The molecule has 0 aliphatic heterocycles. The highest BCUT2D eigenvalue weighted by Crippen LogP contribution is 2.30. The molecular weight excluding hydrogens is 224 g/mol. The van der Waals surface area contributed by atoms with Crippen molar-refractivity contribution in [1.29, 1.82) is 0 Å². The molecular formula is C14H20N4. The van der Waals surface area contributed by atoms with Crippen molar-refractivity contribution in [2.45, 2.75) is 33.6 Å². The maximum Gasteiger partial charge on any atom is 0.123 e. The van der Waals surface area contributed by atoms with Gasteiger partial charge in [0.2, 0.25) is 0 Å². The summed E-state index contributed by atoms with van der Waals surface area (Å²) in [6.07, 6.45) is 1.88. The average Bonchev–Trinajstić information content (AvgIpc) is 2.65. The fraction of sp³-hybridized carbons (Fsp3) is 0.429. The third kappa shape index (κ3) is 1.98. The van der Waals surface area contributed by atoms with Crippen LogP contribution >= 0.6 is 0 Å². The molecule has 0 aliphatic carbocycles. The second-order valence-electron chi connectivity index (χ2n) is 4.47. The summed E-state index contributed by atoms with van der Waals surface area (Å²) in [4.78, 5) is 4.35. The smallest absolute Gasteiger partial charge is 0.123 e. The summed E-state index contributed by atoms with van der Waals surface area (Å²) in [5.41, 5.74) is 11.4. The Hall–Kier alpha value is -1.84. The maximum absolute atomic E-state index is 5.72. The summed E-state index contributed by atoms with van der Waals surface area (Å²) >= 11 is 0. The largest absolute Gasteiger partial charge is 0.384 e. The molecule has 0 unspecified atom stereocenters. The standard InChI is InChI=1S/C14H20N4/c1-5-11-14(12(6-2)18(4)17-11)10-7-8-13(15)16-9(10)3/h7-8H,5-6H2,1-4H3,(H2,15,16). The number of hydrogen-bond acceptors (Lipinski definition) is 3. The molecule has 96 valence electrons. The molecule has 4 nitrogen and oxygen atoms in total. The first-order valence-electron chi connectivity index (χ1n) is 6.36. The fourth-order valence-corrected chi connectivity index (χ4v) is 2.43. The van der Waals surface area contributed by atoms with E-state index in [1.54, 1.807) is 0 Å². The molecule has 0 atom stereocenters. The molecule has 0 fully saturated rings. The molecule has 18 heavy (non-hydrogen) atoms.